The van der Waals surface area contributed by atoms with Crippen LogP contribution in [-0.4, -0.2) is 28.6 Å². The highest BCUT2D eigenvalue weighted by Crippen LogP contribution is 2.31. The molecule has 2 aromatic carbocycles. The van der Waals surface area contributed by atoms with E-state index in [-0.39, 0.29) is 12.0 Å². The second-order valence-corrected chi connectivity index (χ2v) is 8.55. The highest BCUT2D eigenvalue weighted by Gasteiger charge is 2.29. The topological polar surface area (TPSA) is 29.5 Å². The number of benzene rings is 2. The average Bonchev–Trinajstić information content (AvgIpc) is 2.51. The third-order valence-electron chi connectivity index (χ3n) is 4.49. The first-order chi connectivity index (χ1) is 12.1. The third kappa shape index (κ3) is 5.31. The van der Waals surface area contributed by atoms with E-state index < -0.39 is 5.60 Å². The number of fused-ring (bicyclic) bond motifs is 1. The van der Waals surface area contributed by atoms with Crippen LogP contribution in [0.4, 0.5) is 0 Å². The van der Waals surface area contributed by atoms with Crippen LogP contribution in [0.1, 0.15) is 66.5 Å². The van der Waals surface area contributed by atoms with Gasteiger partial charge in [-0.25, -0.2) is 0 Å². The highest BCUT2D eigenvalue weighted by molar-refractivity contribution is 5.83. The fourth-order valence-corrected chi connectivity index (χ4v) is 3.67. The van der Waals surface area contributed by atoms with Crippen LogP contribution in [-0.2, 0) is 9.53 Å². The molecule has 0 unspecified atom stereocenters. The number of carbonyl (C=O) groups is 1. The van der Waals surface area contributed by atoms with E-state index in [2.05, 4.69) is 75.1 Å². The zero-order valence-electron chi connectivity index (χ0n) is 17.2. The lowest BCUT2D eigenvalue weighted by Gasteiger charge is -2.38. The van der Waals surface area contributed by atoms with Crippen molar-refractivity contribution in [3.8, 4) is 0 Å². The normalized spacial score (nSPS) is 13.6. The smallest absolute Gasteiger partial charge is 0.308 e. The van der Waals surface area contributed by atoms with E-state index in [4.69, 9.17) is 4.74 Å². The van der Waals surface area contributed by atoms with Crippen LogP contribution in [0.2, 0.25) is 0 Å². The van der Waals surface area contributed by atoms with Crippen LogP contribution >= 0.6 is 0 Å². The first-order valence-electron chi connectivity index (χ1n) is 9.56. The van der Waals surface area contributed by atoms with E-state index in [9.17, 15) is 4.79 Å². The Hall–Kier alpha value is -1.87. The Morgan fingerprint density at radius 3 is 2.08 bits per heavy atom. The second kappa shape index (κ2) is 8.22. The van der Waals surface area contributed by atoms with Gasteiger partial charge in [0.25, 0.3) is 0 Å². The van der Waals surface area contributed by atoms with Crippen LogP contribution in [0, 0.1) is 0 Å². The Balaban J connectivity index is 2.42. The van der Waals surface area contributed by atoms with Gasteiger partial charge in [-0.3, -0.25) is 9.69 Å². The molecule has 0 aliphatic carbocycles. The first-order valence-corrected chi connectivity index (χ1v) is 9.56. The zero-order valence-corrected chi connectivity index (χ0v) is 17.2. The van der Waals surface area contributed by atoms with Gasteiger partial charge in [0.1, 0.15) is 5.60 Å². The molecule has 2 rings (SSSR count). The van der Waals surface area contributed by atoms with Crippen molar-refractivity contribution in [2.45, 2.75) is 78.6 Å². The van der Waals surface area contributed by atoms with Gasteiger partial charge in [0.05, 0.1) is 6.42 Å². The molecule has 0 N–H and O–H groups in total. The van der Waals surface area contributed by atoms with Crippen LogP contribution in [0.5, 0.6) is 0 Å². The summed E-state index contributed by atoms with van der Waals surface area (Å²) in [6, 6.07) is 15.5. The number of rotatable bonds is 6. The monoisotopic (exact) mass is 355 g/mol. The summed E-state index contributed by atoms with van der Waals surface area (Å²) in [4.78, 5) is 15.0. The molecule has 1 atom stereocenters. The maximum absolute atomic E-state index is 12.6. The molecule has 0 bridgehead atoms. The van der Waals surface area contributed by atoms with E-state index in [1.54, 1.807) is 0 Å². The summed E-state index contributed by atoms with van der Waals surface area (Å²) in [6.07, 6.45) is 0.353. The van der Waals surface area contributed by atoms with Gasteiger partial charge >= 0.3 is 5.97 Å². The van der Waals surface area contributed by atoms with Gasteiger partial charge in [-0.05, 0) is 70.9 Å². The summed E-state index contributed by atoms with van der Waals surface area (Å²) in [5.41, 5.74) is 0.697. The lowest BCUT2D eigenvalue weighted by Crippen LogP contribution is -2.41. The van der Waals surface area contributed by atoms with Gasteiger partial charge in [0.2, 0.25) is 0 Å². The van der Waals surface area contributed by atoms with Crippen molar-refractivity contribution in [1.29, 1.82) is 0 Å². The van der Waals surface area contributed by atoms with E-state index in [0.29, 0.717) is 18.5 Å². The summed E-state index contributed by atoms with van der Waals surface area (Å²) < 4.78 is 5.62. The molecule has 3 nitrogen and oxygen atoms in total. The van der Waals surface area contributed by atoms with Gasteiger partial charge < -0.3 is 4.74 Å². The molecule has 0 heterocycles. The highest BCUT2D eigenvalue weighted by atomic mass is 16.6. The van der Waals surface area contributed by atoms with Gasteiger partial charge in [-0.15, -0.1) is 0 Å². The number of hydrogen-bond acceptors (Lipinski definition) is 3. The molecule has 0 saturated carbocycles. The minimum atomic E-state index is -0.467. The zero-order chi connectivity index (χ0) is 19.5. The molecular weight excluding hydrogens is 322 g/mol. The molecule has 0 saturated heterocycles. The average molecular weight is 356 g/mol. The lowest BCUT2D eigenvalue weighted by atomic mass is 9.96. The largest absolute Gasteiger partial charge is 0.460 e. The quantitative estimate of drug-likeness (QED) is 0.620. The summed E-state index contributed by atoms with van der Waals surface area (Å²) in [7, 11) is 0. The molecule has 0 fully saturated rings. The Labute approximate surface area is 158 Å². The minimum Gasteiger partial charge on any atom is -0.460 e. The van der Waals surface area contributed by atoms with Gasteiger partial charge in [0.15, 0.2) is 0 Å². The van der Waals surface area contributed by atoms with Crippen LogP contribution in [0.15, 0.2) is 42.5 Å². The van der Waals surface area contributed by atoms with Crippen molar-refractivity contribution in [1.82, 2.24) is 4.90 Å². The van der Waals surface area contributed by atoms with Crippen molar-refractivity contribution < 1.29 is 9.53 Å². The Kier molecular flexibility index (Phi) is 6.46. The van der Waals surface area contributed by atoms with Crippen molar-refractivity contribution in [2.75, 3.05) is 0 Å². The fourth-order valence-electron chi connectivity index (χ4n) is 3.67. The second-order valence-electron chi connectivity index (χ2n) is 8.55. The third-order valence-corrected chi connectivity index (χ3v) is 4.49. The summed E-state index contributed by atoms with van der Waals surface area (Å²) in [5, 5.41) is 2.42. The maximum Gasteiger partial charge on any atom is 0.308 e. The summed E-state index contributed by atoms with van der Waals surface area (Å²) in [5.74, 6) is -0.151. The molecule has 0 aliphatic rings. The van der Waals surface area contributed by atoms with Gasteiger partial charge in [0, 0.05) is 18.1 Å². The molecule has 0 aliphatic heterocycles. The van der Waals surface area contributed by atoms with E-state index in [0.717, 1.165) is 5.56 Å². The summed E-state index contributed by atoms with van der Waals surface area (Å²) in [6.45, 7) is 14.5. The molecule has 0 aromatic heterocycles. The number of esters is 1. The molecule has 142 valence electrons. The molecule has 3 heteroatoms. The number of carbonyl (C=O) groups excluding carboxylic acids is 1. The summed E-state index contributed by atoms with van der Waals surface area (Å²) >= 11 is 0. The Morgan fingerprint density at radius 2 is 1.54 bits per heavy atom. The standard InChI is InChI=1S/C23H33NO2/c1-16(2)24(17(3)4)21(15-22(25)26-23(5,6)7)20-13-12-18-10-8-9-11-19(18)14-20/h8-14,16-17,21H,15H2,1-7H3/t21-/m1/s1. The predicted octanol–water partition coefficient (Wildman–Crippen LogP) is 5.73. The Morgan fingerprint density at radius 1 is 0.962 bits per heavy atom. The molecular formula is C23H33NO2. The maximum atomic E-state index is 12.6. The number of ether oxygens (including phenoxy) is 1. The first kappa shape index (κ1) is 20.4. The van der Waals surface area contributed by atoms with Crippen molar-refractivity contribution >= 4 is 16.7 Å². The van der Waals surface area contributed by atoms with Crippen LogP contribution in [0.25, 0.3) is 10.8 Å². The SMILES string of the molecule is CC(C)N(C(C)C)[C@H](CC(=O)OC(C)(C)C)c1ccc2ccccc2c1. The molecule has 0 radical (unpaired) electrons. The molecule has 2 aromatic rings. The number of hydrogen-bond donors (Lipinski definition) is 0. The fraction of sp³-hybridized carbons (Fsp3) is 0.522. The van der Waals surface area contributed by atoms with E-state index >= 15 is 0 Å². The van der Waals surface area contributed by atoms with Gasteiger partial charge in [-0.1, -0.05) is 36.4 Å². The molecule has 0 amide bonds. The van der Waals surface area contributed by atoms with Crippen LogP contribution in [0.3, 0.4) is 0 Å². The van der Waals surface area contributed by atoms with E-state index in [1.165, 1.54) is 10.8 Å². The number of nitrogens with zero attached hydrogens (tertiary/aromatic N) is 1. The minimum absolute atomic E-state index is 0.00513. The van der Waals surface area contributed by atoms with Crippen molar-refractivity contribution in [3.05, 3.63) is 48.0 Å². The predicted molar refractivity (Wildman–Crippen MR) is 109 cm³/mol. The lowest BCUT2D eigenvalue weighted by molar-refractivity contribution is -0.156. The van der Waals surface area contributed by atoms with Gasteiger partial charge in [-0.2, -0.15) is 0 Å². The van der Waals surface area contributed by atoms with Crippen molar-refractivity contribution in [3.63, 3.8) is 0 Å². The van der Waals surface area contributed by atoms with Crippen molar-refractivity contribution in [2.24, 2.45) is 0 Å². The van der Waals surface area contributed by atoms with E-state index in [1.807, 2.05) is 20.8 Å². The Bertz CT molecular complexity index is 735. The molecule has 26 heavy (non-hydrogen) atoms. The molecule has 0 spiro atoms. The van der Waals surface area contributed by atoms with Crippen LogP contribution < -0.4 is 0 Å².